The van der Waals surface area contributed by atoms with Crippen LogP contribution in [0.25, 0.3) is 0 Å². The summed E-state index contributed by atoms with van der Waals surface area (Å²) in [6, 6.07) is 1.90. The Kier molecular flexibility index (Phi) is 4.40. The number of anilines is 1. The van der Waals surface area contributed by atoms with Crippen LogP contribution in [0.3, 0.4) is 0 Å². The summed E-state index contributed by atoms with van der Waals surface area (Å²) in [7, 11) is 3.23. The van der Waals surface area contributed by atoms with Crippen molar-refractivity contribution in [1.29, 1.82) is 0 Å². The van der Waals surface area contributed by atoms with E-state index in [2.05, 4.69) is 25.3 Å². The number of hydrogen-bond acceptors (Lipinski definition) is 6. The first kappa shape index (κ1) is 15.3. The molecular weight excluding hydrogens is 296 g/mol. The van der Waals surface area contributed by atoms with Gasteiger partial charge in [-0.15, -0.1) is 5.10 Å². The van der Waals surface area contributed by atoms with E-state index >= 15 is 0 Å². The number of carbonyl (C=O) groups is 1. The summed E-state index contributed by atoms with van der Waals surface area (Å²) in [6.45, 7) is 2.31. The van der Waals surface area contributed by atoms with Crippen molar-refractivity contribution >= 4 is 11.7 Å². The minimum absolute atomic E-state index is 0.259. The average Bonchev–Trinajstić information content (AvgIpc) is 3.22. The van der Waals surface area contributed by atoms with E-state index in [1.54, 1.807) is 19.4 Å². The Bertz CT molecular complexity index is 693. The maximum absolute atomic E-state index is 12.2. The van der Waals surface area contributed by atoms with Gasteiger partial charge in [-0.3, -0.25) is 9.48 Å². The van der Waals surface area contributed by atoms with Gasteiger partial charge >= 0.3 is 0 Å². The molecule has 0 bridgehead atoms. The second-order valence-corrected chi connectivity index (χ2v) is 5.43. The highest BCUT2D eigenvalue weighted by molar-refractivity contribution is 5.96. The zero-order valence-corrected chi connectivity index (χ0v) is 13.3. The molecule has 0 aliphatic carbocycles. The van der Waals surface area contributed by atoms with Crippen LogP contribution < -0.4 is 15.0 Å². The third kappa shape index (κ3) is 3.41. The summed E-state index contributed by atoms with van der Waals surface area (Å²) >= 11 is 0. The molecule has 3 heterocycles. The van der Waals surface area contributed by atoms with Crippen LogP contribution in [-0.4, -0.2) is 45.9 Å². The lowest BCUT2D eigenvalue weighted by Crippen LogP contribution is -2.25. The van der Waals surface area contributed by atoms with Crippen molar-refractivity contribution in [2.45, 2.75) is 19.4 Å². The zero-order valence-electron chi connectivity index (χ0n) is 13.3. The summed E-state index contributed by atoms with van der Waals surface area (Å²) in [6.07, 6.45) is 5.73. The summed E-state index contributed by atoms with van der Waals surface area (Å²) in [4.78, 5) is 23.2. The van der Waals surface area contributed by atoms with E-state index in [4.69, 9.17) is 4.74 Å². The fourth-order valence-electron chi connectivity index (χ4n) is 2.62. The Balaban J connectivity index is 1.65. The smallest absolute Gasteiger partial charge is 0.258 e. The molecule has 23 heavy (non-hydrogen) atoms. The van der Waals surface area contributed by atoms with Gasteiger partial charge in [-0.05, 0) is 18.9 Å². The largest absolute Gasteiger partial charge is 0.479 e. The van der Waals surface area contributed by atoms with Crippen LogP contribution in [0.5, 0.6) is 5.88 Å². The van der Waals surface area contributed by atoms with E-state index in [0.717, 1.165) is 18.9 Å². The van der Waals surface area contributed by atoms with Gasteiger partial charge in [0.1, 0.15) is 17.2 Å². The molecule has 0 spiro atoms. The monoisotopic (exact) mass is 316 g/mol. The Morgan fingerprint density at radius 3 is 2.91 bits per heavy atom. The lowest BCUT2D eigenvalue weighted by molar-refractivity contribution is 0.0947. The zero-order chi connectivity index (χ0) is 16.2. The van der Waals surface area contributed by atoms with Crippen LogP contribution in [0.4, 0.5) is 5.82 Å². The van der Waals surface area contributed by atoms with Gasteiger partial charge < -0.3 is 15.0 Å². The summed E-state index contributed by atoms with van der Waals surface area (Å²) in [5.41, 5.74) is 0.394. The molecular formula is C15H20N6O2. The van der Waals surface area contributed by atoms with Crippen LogP contribution in [0.15, 0.2) is 18.5 Å². The maximum atomic E-state index is 12.2. The van der Waals surface area contributed by atoms with Gasteiger partial charge in [-0.25, -0.2) is 9.97 Å². The number of methoxy groups -OCH3 is 1. The van der Waals surface area contributed by atoms with Crippen LogP contribution >= 0.6 is 0 Å². The molecule has 1 saturated heterocycles. The number of hydrogen-bond donors (Lipinski definition) is 1. The fraction of sp³-hybridized carbons (Fsp3) is 0.467. The number of nitrogens with one attached hydrogen (secondary N) is 1. The van der Waals surface area contributed by atoms with Crippen LogP contribution in [0.2, 0.25) is 0 Å². The van der Waals surface area contributed by atoms with Gasteiger partial charge in [0, 0.05) is 32.5 Å². The molecule has 1 N–H and O–H groups in total. The summed E-state index contributed by atoms with van der Waals surface area (Å²) in [5.74, 6) is 1.55. The second kappa shape index (κ2) is 6.64. The van der Waals surface area contributed by atoms with Gasteiger partial charge in [0.05, 0.1) is 13.7 Å². The first-order valence-corrected chi connectivity index (χ1v) is 7.60. The number of amides is 1. The first-order valence-electron chi connectivity index (χ1n) is 7.60. The third-order valence-electron chi connectivity index (χ3n) is 3.76. The van der Waals surface area contributed by atoms with Crippen LogP contribution in [-0.2, 0) is 13.6 Å². The Labute approximate surface area is 134 Å². The van der Waals surface area contributed by atoms with Crippen molar-refractivity contribution in [1.82, 2.24) is 25.1 Å². The molecule has 0 radical (unpaired) electrons. The summed E-state index contributed by atoms with van der Waals surface area (Å²) in [5, 5.41) is 6.87. The van der Waals surface area contributed by atoms with Gasteiger partial charge in [-0.2, -0.15) is 0 Å². The predicted octanol–water partition coefficient (Wildman–Crippen LogP) is 0.749. The van der Waals surface area contributed by atoms with Crippen molar-refractivity contribution < 1.29 is 9.53 Å². The molecule has 2 aromatic rings. The number of rotatable bonds is 5. The van der Waals surface area contributed by atoms with E-state index in [0.29, 0.717) is 17.3 Å². The Morgan fingerprint density at radius 2 is 2.17 bits per heavy atom. The molecule has 1 aliphatic rings. The van der Waals surface area contributed by atoms with Crippen LogP contribution in [0.1, 0.15) is 29.0 Å². The van der Waals surface area contributed by atoms with E-state index in [1.807, 2.05) is 6.07 Å². The minimum atomic E-state index is -0.259. The van der Waals surface area contributed by atoms with Gasteiger partial charge in [0.15, 0.2) is 0 Å². The molecule has 0 saturated carbocycles. The molecule has 0 aromatic carbocycles. The SMILES string of the molecule is COc1nn(C)cc1C(=O)NCc1nccc(N2CCCC2)n1. The maximum Gasteiger partial charge on any atom is 0.258 e. The molecule has 2 aromatic heterocycles. The standard InChI is InChI=1S/C15H20N6O2/c1-20-10-11(15(19-20)23-2)14(22)17-9-12-16-6-5-13(18-12)21-7-3-4-8-21/h5-6,10H,3-4,7-9H2,1-2H3,(H,17,22). The second-order valence-electron chi connectivity index (χ2n) is 5.43. The molecule has 8 heteroatoms. The minimum Gasteiger partial charge on any atom is -0.479 e. The molecule has 0 unspecified atom stereocenters. The highest BCUT2D eigenvalue weighted by Gasteiger charge is 2.17. The van der Waals surface area contributed by atoms with Gasteiger partial charge in [0.25, 0.3) is 5.91 Å². The lowest BCUT2D eigenvalue weighted by Gasteiger charge is -2.16. The lowest BCUT2D eigenvalue weighted by atomic mass is 10.3. The molecule has 3 rings (SSSR count). The van der Waals surface area contributed by atoms with E-state index in [9.17, 15) is 4.79 Å². The highest BCUT2D eigenvalue weighted by Crippen LogP contribution is 2.17. The highest BCUT2D eigenvalue weighted by atomic mass is 16.5. The number of ether oxygens (including phenoxy) is 1. The van der Waals surface area contributed by atoms with Crippen molar-refractivity contribution in [3.05, 3.63) is 29.8 Å². The van der Waals surface area contributed by atoms with Gasteiger partial charge in [0.2, 0.25) is 5.88 Å². The number of nitrogens with zero attached hydrogens (tertiary/aromatic N) is 5. The predicted molar refractivity (Wildman–Crippen MR) is 84.4 cm³/mol. The quantitative estimate of drug-likeness (QED) is 0.876. The topological polar surface area (TPSA) is 85.2 Å². The van der Waals surface area contributed by atoms with Gasteiger partial charge in [-0.1, -0.05) is 0 Å². The van der Waals surface area contributed by atoms with E-state index in [-0.39, 0.29) is 12.5 Å². The molecule has 1 fully saturated rings. The Morgan fingerprint density at radius 1 is 1.39 bits per heavy atom. The van der Waals surface area contributed by atoms with Crippen LogP contribution in [0, 0.1) is 0 Å². The Hall–Kier alpha value is -2.64. The normalized spacial score (nSPS) is 14.1. The molecule has 1 aliphatic heterocycles. The summed E-state index contributed by atoms with van der Waals surface area (Å²) < 4.78 is 6.64. The van der Waals surface area contributed by atoms with E-state index in [1.165, 1.54) is 24.6 Å². The van der Waals surface area contributed by atoms with Crippen molar-refractivity contribution in [2.75, 3.05) is 25.1 Å². The van der Waals surface area contributed by atoms with Crippen molar-refractivity contribution in [3.63, 3.8) is 0 Å². The third-order valence-corrected chi connectivity index (χ3v) is 3.76. The average molecular weight is 316 g/mol. The molecule has 0 atom stereocenters. The molecule has 8 nitrogen and oxygen atoms in total. The molecule has 122 valence electrons. The van der Waals surface area contributed by atoms with E-state index < -0.39 is 0 Å². The number of carbonyl (C=O) groups excluding carboxylic acids is 1. The first-order chi connectivity index (χ1) is 11.2. The number of aromatic nitrogens is 4. The van der Waals surface area contributed by atoms with Crippen molar-refractivity contribution in [2.24, 2.45) is 7.05 Å². The molecule has 1 amide bonds. The van der Waals surface area contributed by atoms with Crippen molar-refractivity contribution in [3.8, 4) is 5.88 Å². The number of aryl methyl sites for hydroxylation is 1. The fourth-order valence-corrected chi connectivity index (χ4v) is 2.62.